The second-order valence-corrected chi connectivity index (χ2v) is 8.02. The number of benzene rings is 1. The Morgan fingerprint density at radius 3 is 2.25 bits per heavy atom. The largest absolute Gasteiger partial charge is 0.347 e. The number of nitrogens with zero attached hydrogens (tertiary/aromatic N) is 2. The summed E-state index contributed by atoms with van der Waals surface area (Å²) in [6.45, 7) is 0.844. The van der Waals surface area contributed by atoms with Gasteiger partial charge < -0.3 is 9.88 Å². The molecule has 0 unspecified atom stereocenters. The quantitative estimate of drug-likeness (QED) is 0.584. The molecule has 0 radical (unpaired) electrons. The van der Waals surface area contributed by atoms with Crippen molar-refractivity contribution in [3.8, 4) is 0 Å². The molecule has 0 saturated heterocycles. The van der Waals surface area contributed by atoms with Gasteiger partial charge >= 0.3 is 0 Å². The summed E-state index contributed by atoms with van der Waals surface area (Å²) in [5, 5.41) is 2.53. The predicted molar refractivity (Wildman–Crippen MR) is 102 cm³/mol. The molecule has 0 aliphatic heterocycles. The van der Waals surface area contributed by atoms with Crippen molar-refractivity contribution in [1.82, 2.24) is 19.7 Å². The van der Waals surface area contributed by atoms with Gasteiger partial charge in [0.05, 0.1) is 11.4 Å². The van der Waals surface area contributed by atoms with Gasteiger partial charge in [-0.05, 0) is 36.4 Å². The van der Waals surface area contributed by atoms with Gasteiger partial charge in [-0.15, -0.1) is 0 Å². The van der Waals surface area contributed by atoms with Crippen LogP contribution in [-0.4, -0.2) is 48.6 Å². The molecule has 28 heavy (non-hydrogen) atoms. The highest BCUT2D eigenvalue weighted by Crippen LogP contribution is 2.17. The minimum atomic E-state index is -3.92. The second kappa shape index (κ2) is 8.67. The van der Waals surface area contributed by atoms with Crippen molar-refractivity contribution in [3.05, 3.63) is 48.3 Å². The summed E-state index contributed by atoms with van der Waals surface area (Å²) in [5.41, 5.74) is 5.19. The van der Waals surface area contributed by atoms with Gasteiger partial charge in [0.15, 0.2) is 0 Å². The first-order valence-corrected chi connectivity index (χ1v) is 9.60. The average molecular weight is 407 g/mol. The number of likely N-dealkylation sites (N-methyl/N-ethyl adjacent to an activating group) is 1. The van der Waals surface area contributed by atoms with E-state index in [1.807, 2.05) is 0 Å². The number of amides is 3. The Labute approximate surface area is 162 Å². The summed E-state index contributed by atoms with van der Waals surface area (Å²) in [5.74, 6) is -1.51. The van der Waals surface area contributed by atoms with Crippen molar-refractivity contribution >= 4 is 33.4 Å². The van der Waals surface area contributed by atoms with E-state index in [1.54, 1.807) is 29.9 Å². The summed E-state index contributed by atoms with van der Waals surface area (Å²) in [6.07, 6.45) is 1.67. The van der Waals surface area contributed by atoms with Gasteiger partial charge in [0, 0.05) is 32.9 Å². The molecule has 0 atom stereocenters. The predicted octanol–water partition coefficient (Wildman–Crippen LogP) is 0.0652. The van der Waals surface area contributed by atoms with Crippen LogP contribution in [0, 0.1) is 0 Å². The van der Waals surface area contributed by atoms with E-state index >= 15 is 0 Å². The Balaban J connectivity index is 1.95. The third-order valence-corrected chi connectivity index (χ3v) is 5.56. The summed E-state index contributed by atoms with van der Waals surface area (Å²) < 4.78 is 27.5. The Bertz CT molecular complexity index is 982. The molecular formula is C17H21N5O5S. The fraction of sp³-hybridized carbons (Fsp3) is 0.235. The smallest absolute Gasteiger partial charge is 0.286 e. The van der Waals surface area contributed by atoms with Gasteiger partial charge in [0.25, 0.3) is 11.8 Å². The van der Waals surface area contributed by atoms with Crippen molar-refractivity contribution in [2.24, 2.45) is 7.05 Å². The first-order chi connectivity index (χ1) is 13.1. The third kappa shape index (κ3) is 5.18. The first kappa shape index (κ1) is 21.1. The fourth-order valence-corrected chi connectivity index (χ4v) is 3.43. The van der Waals surface area contributed by atoms with Crippen LogP contribution in [0.25, 0.3) is 0 Å². The van der Waals surface area contributed by atoms with Crippen LogP contribution < -0.4 is 16.2 Å². The van der Waals surface area contributed by atoms with Crippen LogP contribution >= 0.6 is 0 Å². The molecule has 1 heterocycles. The Hall–Kier alpha value is -3.18. The molecule has 3 N–H and O–H groups in total. The topological polar surface area (TPSA) is 130 Å². The molecule has 2 rings (SSSR count). The van der Waals surface area contributed by atoms with Gasteiger partial charge in [0.1, 0.15) is 5.69 Å². The first-order valence-electron chi connectivity index (χ1n) is 8.16. The molecule has 0 saturated carbocycles. The molecule has 150 valence electrons. The number of aromatic nitrogens is 1. The molecule has 0 fully saturated rings. The zero-order valence-corrected chi connectivity index (χ0v) is 16.4. The van der Waals surface area contributed by atoms with Crippen LogP contribution in [0.5, 0.6) is 0 Å². The van der Waals surface area contributed by atoms with E-state index in [1.165, 1.54) is 38.2 Å². The molecule has 1 aromatic carbocycles. The summed E-state index contributed by atoms with van der Waals surface area (Å²) >= 11 is 0. The van der Waals surface area contributed by atoms with E-state index in [-0.39, 0.29) is 10.8 Å². The molecule has 3 amide bonds. The van der Waals surface area contributed by atoms with Gasteiger partial charge in [-0.1, -0.05) is 0 Å². The highest BCUT2D eigenvalue weighted by molar-refractivity contribution is 7.89. The fourth-order valence-electron chi connectivity index (χ4n) is 2.31. The molecule has 0 aliphatic rings. The molecule has 0 spiro atoms. The van der Waals surface area contributed by atoms with E-state index in [0.717, 1.165) is 4.31 Å². The average Bonchev–Trinajstić information content (AvgIpc) is 3.05. The molecule has 0 bridgehead atoms. The minimum absolute atomic E-state index is 0.0373. The summed E-state index contributed by atoms with van der Waals surface area (Å²) in [6, 6.07) is 8.79. The summed E-state index contributed by atoms with van der Waals surface area (Å²) in [4.78, 5) is 34.9. The molecule has 0 aliphatic carbocycles. The number of sulfonamides is 1. The van der Waals surface area contributed by atoms with Crippen LogP contribution in [0.3, 0.4) is 0 Å². The number of aryl methyl sites for hydroxylation is 1. The second-order valence-electron chi connectivity index (χ2n) is 5.97. The zero-order valence-electron chi connectivity index (χ0n) is 15.6. The number of hydrogen-bond acceptors (Lipinski definition) is 5. The van der Waals surface area contributed by atoms with Crippen molar-refractivity contribution in [1.29, 1.82) is 0 Å². The number of rotatable bonds is 6. The molecular weight excluding hydrogens is 386 g/mol. The van der Waals surface area contributed by atoms with Crippen LogP contribution in [-0.2, 0) is 26.7 Å². The number of carbonyl (C=O) groups is 3. The van der Waals surface area contributed by atoms with Gasteiger partial charge in [0.2, 0.25) is 15.9 Å². The Kier molecular flexibility index (Phi) is 6.54. The maximum absolute atomic E-state index is 12.5. The van der Waals surface area contributed by atoms with Crippen LogP contribution in [0.1, 0.15) is 17.4 Å². The van der Waals surface area contributed by atoms with Gasteiger partial charge in [-0.2, -0.15) is 4.31 Å². The van der Waals surface area contributed by atoms with E-state index in [2.05, 4.69) is 16.2 Å². The number of nitrogens with one attached hydrogen (secondary N) is 3. The third-order valence-electron chi connectivity index (χ3n) is 3.74. The SMILES string of the molecule is CC(=O)Nc1ccc(S(=O)(=O)N(C)CC(=O)NNC(=O)c2cccn2C)cc1. The van der Waals surface area contributed by atoms with Crippen LogP contribution in [0.2, 0.25) is 0 Å². The zero-order chi connectivity index (χ0) is 20.9. The maximum atomic E-state index is 12.5. The standard InChI is InChI=1S/C17H21N5O5S/c1-12(23)18-13-6-8-14(9-7-13)28(26,27)22(3)11-16(24)19-20-17(25)15-5-4-10-21(15)2/h4-10H,11H2,1-3H3,(H,18,23)(H,19,24)(H,20,25). The van der Waals surface area contributed by atoms with E-state index in [4.69, 9.17) is 0 Å². The molecule has 10 nitrogen and oxygen atoms in total. The number of carbonyl (C=O) groups excluding carboxylic acids is 3. The Morgan fingerprint density at radius 2 is 1.71 bits per heavy atom. The highest BCUT2D eigenvalue weighted by atomic mass is 32.2. The number of hydrogen-bond donors (Lipinski definition) is 3. The van der Waals surface area contributed by atoms with Crippen molar-refractivity contribution in [2.45, 2.75) is 11.8 Å². The van der Waals surface area contributed by atoms with Crippen molar-refractivity contribution in [2.75, 3.05) is 18.9 Å². The maximum Gasteiger partial charge on any atom is 0.286 e. The lowest BCUT2D eigenvalue weighted by Gasteiger charge is -2.17. The lowest BCUT2D eigenvalue weighted by atomic mass is 10.3. The van der Waals surface area contributed by atoms with Crippen LogP contribution in [0.4, 0.5) is 5.69 Å². The molecule has 11 heteroatoms. The van der Waals surface area contributed by atoms with E-state index in [9.17, 15) is 22.8 Å². The summed E-state index contributed by atoms with van der Waals surface area (Å²) in [7, 11) is -1.00. The normalized spacial score (nSPS) is 11.1. The van der Waals surface area contributed by atoms with E-state index < -0.39 is 28.4 Å². The van der Waals surface area contributed by atoms with Crippen molar-refractivity contribution in [3.63, 3.8) is 0 Å². The minimum Gasteiger partial charge on any atom is -0.347 e. The molecule has 1 aromatic heterocycles. The Morgan fingerprint density at radius 1 is 1.07 bits per heavy atom. The van der Waals surface area contributed by atoms with Gasteiger partial charge in [-0.3, -0.25) is 25.2 Å². The van der Waals surface area contributed by atoms with Crippen molar-refractivity contribution < 1.29 is 22.8 Å². The lowest BCUT2D eigenvalue weighted by Crippen LogP contribution is -2.47. The monoisotopic (exact) mass is 407 g/mol. The van der Waals surface area contributed by atoms with E-state index in [0.29, 0.717) is 11.4 Å². The number of anilines is 1. The van der Waals surface area contributed by atoms with Gasteiger partial charge in [-0.25, -0.2) is 8.42 Å². The highest BCUT2D eigenvalue weighted by Gasteiger charge is 2.23. The lowest BCUT2D eigenvalue weighted by molar-refractivity contribution is -0.121. The molecule has 2 aromatic rings. The number of hydrazine groups is 1. The van der Waals surface area contributed by atoms with Crippen LogP contribution in [0.15, 0.2) is 47.5 Å².